The van der Waals surface area contributed by atoms with Gasteiger partial charge in [0, 0.05) is 30.8 Å². The van der Waals surface area contributed by atoms with E-state index in [1.807, 2.05) is 0 Å². The Hall–Kier alpha value is -3.59. The molecular weight excluding hydrogens is 475 g/mol. The molecule has 3 amide bonds. The maximum Gasteiger partial charge on any atom is 0.243 e. The first kappa shape index (κ1) is 27.7. The standard InChI is InChI=1S/C25H28ClFN4O4/c1-2-23(33)30-22(13-16-3-7-18(26)8-4-16)25(35)31-21(12-11-20(32)14-28)24(34)29-15-17-5-9-19(27)10-6-17/h3-10,14,21-22,28H,2,11-13,15H2,1H3,(H,29,34)(H,30,33)(H,31,35)/t21-,22-/m0/s1. The zero-order valence-corrected chi connectivity index (χ0v) is 20.0. The second kappa shape index (κ2) is 14.0. The van der Waals surface area contributed by atoms with Gasteiger partial charge in [0.15, 0.2) is 5.78 Å². The van der Waals surface area contributed by atoms with Crippen molar-refractivity contribution in [2.75, 3.05) is 0 Å². The summed E-state index contributed by atoms with van der Waals surface area (Å²) >= 11 is 5.92. The lowest BCUT2D eigenvalue weighted by molar-refractivity contribution is -0.132. The van der Waals surface area contributed by atoms with Gasteiger partial charge in [-0.25, -0.2) is 4.39 Å². The van der Waals surface area contributed by atoms with Crippen molar-refractivity contribution in [3.63, 3.8) is 0 Å². The second-order valence-electron chi connectivity index (χ2n) is 7.86. The van der Waals surface area contributed by atoms with Crippen LogP contribution in [0.5, 0.6) is 0 Å². The molecule has 10 heteroatoms. The lowest BCUT2D eigenvalue weighted by atomic mass is 10.0. The number of benzene rings is 2. The lowest BCUT2D eigenvalue weighted by Gasteiger charge is -2.23. The zero-order chi connectivity index (χ0) is 25.8. The van der Waals surface area contributed by atoms with E-state index >= 15 is 0 Å². The molecule has 0 aliphatic heterocycles. The van der Waals surface area contributed by atoms with Gasteiger partial charge in [0.2, 0.25) is 17.7 Å². The second-order valence-corrected chi connectivity index (χ2v) is 8.30. The molecule has 4 N–H and O–H groups in total. The summed E-state index contributed by atoms with van der Waals surface area (Å²) in [5.74, 6) is -2.38. The minimum atomic E-state index is -1.09. The first-order chi connectivity index (χ1) is 16.7. The van der Waals surface area contributed by atoms with E-state index in [2.05, 4.69) is 16.0 Å². The van der Waals surface area contributed by atoms with Gasteiger partial charge in [0.05, 0.1) is 6.21 Å². The van der Waals surface area contributed by atoms with Crippen LogP contribution in [0.4, 0.5) is 4.39 Å². The number of nitrogens with one attached hydrogen (secondary N) is 4. The third-order valence-corrected chi connectivity index (χ3v) is 5.43. The molecule has 2 atom stereocenters. The molecule has 0 fully saturated rings. The van der Waals surface area contributed by atoms with Crippen molar-refractivity contribution in [3.8, 4) is 0 Å². The summed E-state index contributed by atoms with van der Waals surface area (Å²) in [6.07, 6.45) is 0.824. The molecule has 0 heterocycles. The highest BCUT2D eigenvalue weighted by Crippen LogP contribution is 2.12. The van der Waals surface area contributed by atoms with Crippen molar-refractivity contribution < 1.29 is 23.6 Å². The van der Waals surface area contributed by atoms with Crippen molar-refractivity contribution in [2.45, 2.75) is 51.2 Å². The molecule has 186 valence electrons. The Morgan fingerprint density at radius 3 is 2.17 bits per heavy atom. The predicted octanol–water partition coefficient (Wildman–Crippen LogP) is 2.72. The van der Waals surface area contributed by atoms with Gasteiger partial charge in [-0.15, -0.1) is 0 Å². The van der Waals surface area contributed by atoms with Crippen molar-refractivity contribution in [2.24, 2.45) is 0 Å². The quantitative estimate of drug-likeness (QED) is 0.314. The van der Waals surface area contributed by atoms with Crippen LogP contribution < -0.4 is 16.0 Å². The topological polar surface area (TPSA) is 128 Å². The van der Waals surface area contributed by atoms with Crippen molar-refractivity contribution >= 4 is 41.3 Å². The van der Waals surface area contributed by atoms with Crippen LogP contribution in [0, 0.1) is 11.2 Å². The van der Waals surface area contributed by atoms with Gasteiger partial charge in [0.25, 0.3) is 0 Å². The summed E-state index contributed by atoms with van der Waals surface area (Å²) in [6.45, 7) is 1.74. The molecule has 0 spiro atoms. The molecule has 2 aromatic carbocycles. The van der Waals surface area contributed by atoms with Crippen LogP contribution >= 0.6 is 11.6 Å². The van der Waals surface area contributed by atoms with Gasteiger partial charge in [-0.3, -0.25) is 19.2 Å². The minimum Gasteiger partial charge on any atom is -0.350 e. The highest BCUT2D eigenvalue weighted by Gasteiger charge is 2.27. The molecule has 8 nitrogen and oxygen atoms in total. The first-order valence-electron chi connectivity index (χ1n) is 11.1. The number of Topliss-reactive ketones (excluding diaryl/α,β-unsaturated/α-hetero) is 1. The van der Waals surface area contributed by atoms with Gasteiger partial charge < -0.3 is 21.4 Å². The van der Waals surface area contributed by atoms with Gasteiger partial charge in [-0.05, 0) is 41.8 Å². The highest BCUT2D eigenvalue weighted by atomic mass is 35.5. The predicted molar refractivity (Wildman–Crippen MR) is 131 cm³/mol. The van der Waals surface area contributed by atoms with Crippen molar-refractivity contribution in [1.29, 1.82) is 5.41 Å². The largest absolute Gasteiger partial charge is 0.350 e. The van der Waals surface area contributed by atoms with E-state index in [4.69, 9.17) is 17.0 Å². The van der Waals surface area contributed by atoms with E-state index in [1.54, 1.807) is 31.2 Å². The average molecular weight is 503 g/mol. The summed E-state index contributed by atoms with van der Waals surface area (Å²) in [6, 6.07) is 10.3. The summed E-state index contributed by atoms with van der Waals surface area (Å²) in [5.41, 5.74) is 1.40. The molecule has 35 heavy (non-hydrogen) atoms. The number of hydrogen-bond donors (Lipinski definition) is 4. The molecule has 2 rings (SSSR count). The normalized spacial score (nSPS) is 12.2. The molecule has 0 aliphatic rings. The molecule has 0 aliphatic carbocycles. The van der Waals surface area contributed by atoms with Gasteiger partial charge in [0.1, 0.15) is 17.9 Å². The van der Waals surface area contributed by atoms with Gasteiger partial charge in [-0.1, -0.05) is 42.8 Å². The lowest BCUT2D eigenvalue weighted by Crippen LogP contribution is -2.54. The van der Waals surface area contributed by atoms with Crippen LogP contribution in [0.2, 0.25) is 5.02 Å². The van der Waals surface area contributed by atoms with E-state index in [0.29, 0.717) is 16.8 Å². The SMILES string of the molecule is CCC(=O)N[C@@H](Cc1ccc(Cl)cc1)C(=O)N[C@@H](CCC(=O)C=N)C(=O)NCc1ccc(F)cc1. The molecule has 0 saturated heterocycles. The summed E-state index contributed by atoms with van der Waals surface area (Å²) in [7, 11) is 0. The Kier molecular flexibility index (Phi) is 11.0. The number of ketones is 1. The summed E-state index contributed by atoms with van der Waals surface area (Å²) in [4.78, 5) is 49.6. The zero-order valence-electron chi connectivity index (χ0n) is 19.3. The molecule has 0 bridgehead atoms. The highest BCUT2D eigenvalue weighted by molar-refractivity contribution is 6.30. The minimum absolute atomic E-state index is 0.0371. The van der Waals surface area contributed by atoms with E-state index < -0.39 is 35.5 Å². The first-order valence-corrected chi connectivity index (χ1v) is 11.5. The van der Waals surface area contributed by atoms with Crippen molar-refractivity contribution in [1.82, 2.24) is 16.0 Å². The molecular formula is C25H28ClFN4O4. The van der Waals surface area contributed by atoms with Gasteiger partial charge in [-0.2, -0.15) is 0 Å². The van der Waals surface area contributed by atoms with Crippen LogP contribution in [-0.2, 0) is 32.1 Å². The Morgan fingerprint density at radius 1 is 0.943 bits per heavy atom. The smallest absolute Gasteiger partial charge is 0.243 e. The Morgan fingerprint density at radius 2 is 1.57 bits per heavy atom. The third kappa shape index (κ3) is 9.66. The maximum absolute atomic E-state index is 13.1. The van der Waals surface area contributed by atoms with E-state index in [0.717, 1.165) is 5.56 Å². The Bertz CT molecular complexity index is 1040. The number of rotatable bonds is 13. The van der Waals surface area contributed by atoms with E-state index in [-0.39, 0.29) is 38.1 Å². The molecule has 0 unspecified atom stereocenters. The molecule has 2 aromatic rings. The number of hydrogen-bond acceptors (Lipinski definition) is 5. The van der Waals surface area contributed by atoms with Crippen LogP contribution in [-0.4, -0.2) is 41.8 Å². The maximum atomic E-state index is 13.1. The summed E-state index contributed by atoms with van der Waals surface area (Å²) in [5, 5.41) is 15.5. The van der Waals surface area contributed by atoms with Crippen LogP contribution in [0.25, 0.3) is 0 Å². The molecule has 0 saturated carbocycles. The Balaban J connectivity index is 2.14. The van der Waals surface area contributed by atoms with Crippen LogP contribution in [0.3, 0.4) is 0 Å². The number of carbonyl (C=O) groups is 4. The molecule has 0 aromatic heterocycles. The Labute approximate surface area is 208 Å². The van der Waals surface area contributed by atoms with Crippen LogP contribution in [0.15, 0.2) is 48.5 Å². The van der Waals surface area contributed by atoms with E-state index in [9.17, 15) is 23.6 Å². The third-order valence-electron chi connectivity index (χ3n) is 5.18. The average Bonchev–Trinajstić information content (AvgIpc) is 2.86. The number of carbonyl (C=O) groups excluding carboxylic acids is 4. The number of amides is 3. The fourth-order valence-corrected chi connectivity index (χ4v) is 3.30. The summed E-state index contributed by atoms with van der Waals surface area (Å²) < 4.78 is 13.1. The fourth-order valence-electron chi connectivity index (χ4n) is 3.18. The molecule has 0 radical (unpaired) electrons. The van der Waals surface area contributed by atoms with Crippen LogP contribution in [0.1, 0.15) is 37.3 Å². The van der Waals surface area contributed by atoms with Crippen molar-refractivity contribution in [3.05, 3.63) is 70.5 Å². The number of halogens is 2. The van der Waals surface area contributed by atoms with Gasteiger partial charge >= 0.3 is 0 Å². The monoisotopic (exact) mass is 502 g/mol. The fraction of sp³-hybridized carbons (Fsp3) is 0.320. The van der Waals surface area contributed by atoms with E-state index in [1.165, 1.54) is 24.3 Å².